The summed E-state index contributed by atoms with van der Waals surface area (Å²) in [5, 5.41) is 3.80. The summed E-state index contributed by atoms with van der Waals surface area (Å²) < 4.78 is 10.7. The number of carbonyl (C=O) groups is 1. The van der Waals surface area contributed by atoms with Crippen LogP contribution in [0, 0.1) is 0 Å². The van der Waals surface area contributed by atoms with Crippen LogP contribution in [0.4, 0.5) is 5.82 Å². The van der Waals surface area contributed by atoms with Gasteiger partial charge in [-0.2, -0.15) is 0 Å². The average Bonchev–Trinajstić information content (AvgIpc) is 2.72. The van der Waals surface area contributed by atoms with Gasteiger partial charge in [0.2, 0.25) is 5.91 Å². The molecule has 8 heteroatoms. The molecular formula is C22H13N3O5. The van der Waals surface area contributed by atoms with Crippen molar-refractivity contribution in [2.24, 2.45) is 0 Å². The molecule has 0 atom stereocenters. The maximum atomic E-state index is 12.6. The highest BCUT2D eigenvalue weighted by Gasteiger charge is 2.19. The second-order valence-electron chi connectivity index (χ2n) is 6.67. The fraction of sp³-hybridized carbons (Fsp3) is 0.0455. The Kier molecular flexibility index (Phi) is 3.92. The summed E-state index contributed by atoms with van der Waals surface area (Å²) in [5.74, 6) is -0.435. The molecule has 8 nitrogen and oxygen atoms in total. The van der Waals surface area contributed by atoms with Gasteiger partial charge in [-0.1, -0.05) is 30.3 Å². The van der Waals surface area contributed by atoms with E-state index in [9.17, 15) is 14.4 Å². The fourth-order valence-electron chi connectivity index (χ4n) is 3.35. The molecule has 0 saturated carbocycles. The van der Waals surface area contributed by atoms with Crippen molar-refractivity contribution < 1.29 is 13.6 Å². The lowest BCUT2D eigenvalue weighted by Crippen LogP contribution is -2.15. The van der Waals surface area contributed by atoms with Crippen molar-refractivity contribution in [3.05, 3.63) is 75.4 Å². The maximum absolute atomic E-state index is 12.6. The molecule has 3 aromatic heterocycles. The Morgan fingerprint density at radius 2 is 1.60 bits per heavy atom. The van der Waals surface area contributed by atoms with Crippen LogP contribution in [0.15, 0.2) is 73.0 Å². The van der Waals surface area contributed by atoms with Crippen LogP contribution in [0.25, 0.3) is 44.2 Å². The van der Waals surface area contributed by atoms with Gasteiger partial charge in [0.1, 0.15) is 22.1 Å². The Hall–Kier alpha value is -4.33. The summed E-state index contributed by atoms with van der Waals surface area (Å²) in [7, 11) is 0. The molecule has 1 amide bonds. The number of fused-ring (bicyclic) bond motifs is 4. The van der Waals surface area contributed by atoms with Gasteiger partial charge in [0.05, 0.1) is 5.52 Å². The van der Waals surface area contributed by atoms with Crippen LogP contribution in [0.1, 0.15) is 6.92 Å². The topological polar surface area (TPSA) is 115 Å². The summed E-state index contributed by atoms with van der Waals surface area (Å²) in [4.78, 5) is 45.7. The Balaban J connectivity index is 1.91. The van der Waals surface area contributed by atoms with E-state index < -0.39 is 17.2 Å². The van der Waals surface area contributed by atoms with E-state index in [1.54, 1.807) is 48.5 Å². The molecule has 0 spiro atoms. The number of hydrogen-bond acceptors (Lipinski definition) is 7. The van der Waals surface area contributed by atoms with Gasteiger partial charge in [0.25, 0.3) is 0 Å². The van der Waals surface area contributed by atoms with Crippen LogP contribution < -0.4 is 16.6 Å². The van der Waals surface area contributed by atoms with Crippen molar-refractivity contribution in [1.29, 1.82) is 0 Å². The minimum atomic E-state index is -0.690. The van der Waals surface area contributed by atoms with Crippen molar-refractivity contribution in [3.8, 4) is 11.4 Å². The number of benzene rings is 2. The Morgan fingerprint density at radius 1 is 0.900 bits per heavy atom. The molecule has 5 aromatic rings. The number of para-hydroxylation sites is 2. The quantitative estimate of drug-likeness (QED) is 0.357. The fourth-order valence-corrected chi connectivity index (χ4v) is 3.35. The minimum absolute atomic E-state index is 0.0258. The molecule has 0 unspecified atom stereocenters. The van der Waals surface area contributed by atoms with E-state index in [0.29, 0.717) is 21.9 Å². The van der Waals surface area contributed by atoms with Gasteiger partial charge >= 0.3 is 11.3 Å². The first-order valence-corrected chi connectivity index (χ1v) is 9.06. The Bertz CT molecular complexity index is 1600. The van der Waals surface area contributed by atoms with E-state index in [4.69, 9.17) is 8.83 Å². The summed E-state index contributed by atoms with van der Waals surface area (Å²) in [6.07, 6.45) is 0. The summed E-state index contributed by atoms with van der Waals surface area (Å²) in [6.45, 7) is 1.29. The molecule has 1 N–H and O–H groups in total. The van der Waals surface area contributed by atoms with E-state index in [1.807, 2.05) is 6.07 Å². The zero-order chi connectivity index (χ0) is 20.8. The second kappa shape index (κ2) is 6.63. The van der Waals surface area contributed by atoms with Crippen LogP contribution in [-0.2, 0) is 4.79 Å². The largest absolute Gasteiger partial charge is 0.422 e. The first kappa shape index (κ1) is 17.7. The molecule has 0 saturated heterocycles. The number of amides is 1. The Labute approximate surface area is 167 Å². The van der Waals surface area contributed by atoms with E-state index in [-0.39, 0.29) is 28.1 Å². The van der Waals surface area contributed by atoms with Gasteiger partial charge < -0.3 is 14.2 Å². The predicted octanol–water partition coefficient (Wildman–Crippen LogP) is 3.47. The third kappa shape index (κ3) is 2.82. The zero-order valence-corrected chi connectivity index (χ0v) is 15.6. The predicted molar refractivity (Wildman–Crippen MR) is 111 cm³/mol. The summed E-state index contributed by atoms with van der Waals surface area (Å²) >= 11 is 0. The van der Waals surface area contributed by atoms with Gasteiger partial charge in [0.15, 0.2) is 11.6 Å². The van der Waals surface area contributed by atoms with E-state index >= 15 is 0 Å². The monoisotopic (exact) mass is 399 g/mol. The average molecular weight is 399 g/mol. The molecule has 0 aliphatic heterocycles. The van der Waals surface area contributed by atoms with E-state index in [0.717, 1.165) is 0 Å². The lowest BCUT2D eigenvalue weighted by Gasteiger charge is -2.09. The SMILES string of the molecule is CC(=O)Nc1nc(-c2cc3ccccc3oc2=O)nc2c1c(=O)oc1ccccc12. The first-order valence-electron chi connectivity index (χ1n) is 9.06. The molecule has 0 aliphatic carbocycles. The van der Waals surface area contributed by atoms with Crippen LogP contribution in [-0.4, -0.2) is 15.9 Å². The van der Waals surface area contributed by atoms with Crippen molar-refractivity contribution in [1.82, 2.24) is 9.97 Å². The van der Waals surface area contributed by atoms with Gasteiger partial charge in [-0.25, -0.2) is 19.6 Å². The number of aromatic nitrogens is 2. The Morgan fingerprint density at radius 3 is 2.40 bits per heavy atom. The molecule has 30 heavy (non-hydrogen) atoms. The third-order valence-corrected chi connectivity index (χ3v) is 4.63. The highest BCUT2D eigenvalue weighted by molar-refractivity contribution is 6.08. The van der Waals surface area contributed by atoms with Crippen molar-refractivity contribution in [3.63, 3.8) is 0 Å². The number of nitrogens with one attached hydrogen (secondary N) is 1. The zero-order valence-electron chi connectivity index (χ0n) is 15.6. The standard InChI is InChI=1S/C22H13N3O5/c1-11(26)23-20-17-18(13-7-3-5-9-16(13)30-22(17)28)24-19(25-20)14-10-12-6-2-4-8-15(12)29-21(14)27/h2-10H,1H3,(H,23,24,25,26). The highest BCUT2D eigenvalue weighted by atomic mass is 16.4. The molecule has 0 aliphatic rings. The lowest BCUT2D eigenvalue weighted by molar-refractivity contribution is -0.114. The molecular weight excluding hydrogens is 386 g/mol. The number of nitrogens with zero attached hydrogens (tertiary/aromatic N) is 2. The first-order chi connectivity index (χ1) is 14.5. The van der Waals surface area contributed by atoms with Crippen LogP contribution >= 0.6 is 0 Å². The van der Waals surface area contributed by atoms with Crippen molar-refractivity contribution in [2.75, 3.05) is 5.32 Å². The number of carbonyl (C=O) groups excluding carboxylic acids is 1. The molecule has 5 rings (SSSR count). The summed E-state index contributed by atoms with van der Waals surface area (Å²) in [6, 6.07) is 15.5. The van der Waals surface area contributed by atoms with Crippen molar-refractivity contribution in [2.45, 2.75) is 6.92 Å². The third-order valence-electron chi connectivity index (χ3n) is 4.63. The highest BCUT2D eigenvalue weighted by Crippen LogP contribution is 2.28. The van der Waals surface area contributed by atoms with Gasteiger partial charge in [-0.05, 0) is 24.3 Å². The van der Waals surface area contributed by atoms with Crippen LogP contribution in [0.3, 0.4) is 0 Å². The van der Waals surface area contributed by atoms with Crippen LogP contribution in [0.2, 0.25) is 0 Å². The molecule has 2 aromatic carbocycles. The number of hydrogen-bond donors (Lipinski definition) is 1. The molecule has 0 radical (unpaired) electrons. The van der Waals surface area contributed by atoms with Gasteiger partial charge in [0, 0.05) is 17.7 Å². The molecule has 3 heterocycles. The normalized spacial score (nSPS) is 11.2. The van der Waals surface area contributed by atoms with Gasteiger partial charge in [-0.3, -0.25) is 4.79 Å². The van der Waals surface area contributed by atoms with Crippen molar-refractivity contribution >= 4 is 44.6 Å². The molecule has 146 valence electrons. The smallest absolute Gasteiger partial charge is 0.349 e. The van der Waals surface area contributed by atoms with E-state index in [2.05, 4.69) is 15.3 Å². The number of rotatable bonds is 2. The van der Waals surface area contributed by atoms with Gasteiger partial charge in [-0.15, -0.1) is 0 Å². The minimum Gasteiger partial charge on any atom is -0.422 e. The summed E-state index contributed by atoms with van der Waals surface area (Å²) in [5.41, 5.74) is -0.180. The lowest BCUT2D eigenvalue weighted by atomic mass is 10.1. The van der Waals surface area contributed by atoms with E-state index in [1.165, 1.54) is 6.92 Å². The number of anilines is 1. The van der Waals surface area contributed by atoms with Crippen LogP contribution in [0.5, 0.6) is 0 Å². The maximum Gasteiger partial charge on any atom is 0.349 e. The molecule has 0 bridgehead atoms. The second-order valence-corrected chi connectivity index (χ2v) is 6.67. The molecule has 0 fully saturated rings.